The van der Waals surface area contributed by atoms with E-state index in [4.69, 9.17) is 0 Å². The number of anilines is 1. The van der Waals surface area contributed by atoms with Crippen molar-refractivity contribution in [2.75, 3.05) is 11.1 Å². The van der Waals surface area contributed by atoms with Crippen LogP contribution in [0, 0.1) is 0 Å². The summed E-state index contributed by atoms with van der Waals surface area (Å²) in [6.07, 6.45) is 0. The molecule has 6 nitrogen and oxygen atoms in total. The molecule has 0 aliphatic carbocycles. The summed E-state index contributed by atoms with van der Waals surface area (Å²) < 4.78 is 31.1. The predicted octanol–water partition coefficient (Wildman–Crippen LogP) is 3.81. The maximum atomic E-state index is 12.4. The molecule has 27 heavy (non-hydrogen) atoms. The van der Waals surface area contributed by atoms with Gasteiger partial charge in [0.2, 0.25) is 5.91 Å². The van der Waals surface area contributed by atoms with Crippen LogP contribution in [0.25, 0.3) is 11.4 Å². The van der Waals surface area contributed by atoms with Gasteiger partial charge in [-0.1, -0.05) is 54.2 Å². The molecular weight excluding hydrogens is 374 g/mol. The van der Waals surface area contributed by atoms with Crippen LogP contribution in [-0.4, -0.2) is 33.0 Å². The van der Waals surface area contributed by atoms with Crippen molar-refractivity contribution in [2.45, 2.75) is 11.8 Å². The molecule has 0 radical (unpaired) electrons. The number of ether oxygens (including phenoxy) is 1. The van der Waals surface area contributed by atoms with Crippen molar-refractivity contribution < 1.29 is 18.3 Å². The summed E-state index contributed by atoms with van der Waals surface area (Å²) in [5, 5.41) is 11.4. The van der Waals surface area contributed by atoms with Crippen LogP contribution in [-0.2, 0) is 11.8 Å². The van der Waals surface area contributed by atoms with Gasteiger partial charge in [0.25, 0.3) is 0 Å². The first-order valence-corrected chi connectivity index (χ1v) is 8.94. The van der Waals surface area contributed by atoms with Crippen molar-refractivity contribution in [3.8, 4) is 17.1 Å². The summed E-state index contributed by atoms with van der Waals surface area (Å²) in [6, 6.07) is 15.6. The van der Waals surface area contributed by atoms with E-state index in [0.717, 1.165) is 5.56 Å². The van der Waals surface area contributed by atoms with E-state index in [1.54, 1.807) is 16.7 Å². The van der Waals surface area contributed by atoms with E-state index in [2.05, 4.69) is 20.3 Å². The monoisotopic (exact) mass is 390 g/mol. The lowest BCUT2D eigenvalue weighted by molar-refractivity contribution is -0.113. The molecule has 0 atom stereocenters. The van der Waals surface area contributed by atoms with Gasteiger partial charge in [0.15, 0.2) is 11.0 Å². The number of amides is 1. The summed E-state index contributed by atoms with van der Waals surface area (Å²) in [7, 11) is 1.81. The van der Waals surface area contributed by atoms with Gasteiger partial charge in [-0.15, -0.1) is 10.2 Å². The Kier molecular flexibility index (Phi) is 6.02. The zero-order valence-electron chi connectivity index (χ0n) is 14.3. The van der Waals surface area contributed by atoms with Crippen molar-refractivity contribution in [1.29, 1.82) is 0 Å². The quantitative estimate of drug-likeness (QED) is 0.621. The van der Waals surface area contributed by atoms with E-state index >= 15 is 0 Å². The Labute approximate surface area is 158 Å². The van der Waals surface area contributed by atoms with Gasteiger partial charge in [-0.05, 0) is 12.1 Å². The molecule has 0 aliphatic rings. The number of benzene rings is 2. The summed E-state index contributed by atoms with van der Waals surface area (Å²) in [5.41, 5.74) is 1.10. The third-order valence-electron chi connectivity index (χ3n) is 3.58. The Bertz CT molecular complexity index is 919. The molecule has 1 amide bonds. The Morgan fingerprint density at radius 1 is 1.15 bits per heavy atom. The molecule has 1 heterocycles. The van der Waals surface area contributed by atoms with Crippen molar-refractivity contribution in [2.24, 2.45) is 7.05 Å². The summed E-state index contributed by atoms with van der Waals surface area (Å²) in [4.78, 5) is 12.2. The van der Waals surface area contributed by atoms with Crippen LogP contribution in [0.1, 0.15) is 0 Å². The van der Waals surface area contributed by atoms with Gasteiger partial charge < -0.3 is 14.6 Å². The third kappa shape index (κ3) is 4.82. The minimum atomic E-state index is -2.97. The average molecular weight is 390 g/mol. The molecule has 9 heteroatoms. The summed E-state index contributed by atoms with van der Waals surface area (Å²) in [5.74, 6) is 0.281. The first kappa shape index (κ1) is 18.8. The van der Waals surface area contributed by atoms with Crippen LogP contribution in [0.4, 0.5) is 14.5 Å². The van der Waals surface area contributed by atoms with Crippen LogP contribution >= 0.6 is 11.8 Å². The third-order valence-corrected chi connectivity index (χ3v) is 4.60. The van der Waals surface area contributed by atoms with E-state index in [1.807, 2.05) is 37.4 Å². The van der Waals surface area contributed by atoms with E-state index in [-0.39, 0.29) is 23.1 Å². The summed E-state index contributed by atoms with van der Waals surface area (Å²) >= 11 is 1.20. The molecule has 3 rings (SSSR count). The highest BCUT2D eigenvalue weighted by Crippen LogP contribution is 2.26. The van der Waals surface area contributed by atoms with Crippen LogP contribution in [0.2, 0.25) is 0 Å². The minimum Gasteiger partial charge on any atom is -0.433 e. The molecule has 0 saturated carbocycles. The van der Waals surface area contributed by atoms with E-state index < -0.39 is 6.61 Å². The number of nitrogens with zero attached hydrogens (tertiary/aromatic N) is 3. The second-order valence-electron chi connectivity index (χ2n) is 5.44. The van der Waals surface area contributed by atoms with Gasteiger partial charge in [0.05, 0.1) is 11.4 Å². The molecule has 0 aliphatic heterocycles. The van der Waals surface area contributed by atoms with Gasteiger partial charge >= 0.3 is 6.61 Å². The number of carbonyl (C=O) groups is 1. The molecule has 0 saturated heterocycles. The number of para-hydroxylation sites is 2. The van der Waals surface area contributed by atoms with Crippen molar-refractivity contribution in [3.05, 3.63) is 54.6 Å². The Hall–Kier alpha value is -2.94. The number of halogens is 2. The van der Waals surface area contributed by atoms with Gasteiger partial charge in [0, 0.05) is 12.6 Å². The Balaban J connectivity index is 1.63. The summed E-state index contributed by atoms with van der Waals surface area (Å²) in [6.45, 7) is -2.97. The van der Waals surface area contributed by atoms with Crippen LogP contribution in [0.3, 0.4) is 0 Å². The first-order valence-electron chi connectivity index (χ1n) is 7.96. The molecule has 1 aromatic heterocycles. The van der Waals surface area contributed by atoms with Crippen LogP contribution in [0.15, 0.2) is 59.8 Å². The molecule has 3 aromatic rings. The fraction of sp³-hybridized carbons (Fsp3) is 0.167. The molecular formula is C18H16F2N4O2S. The second-order valence-corrected chi connectivity index (χ2v) is 6.39. The second kappa shape index (κ2) is 8.63. The van der Waals surface area contributed by atoms with Crippen LogP contribution < -0.4 is 10.1 Å². The maximum absolute atomic E-state index is 12.4. The molecule has 2 aromatic carbocycles. The zero-order chi connectivity index (χ0) is 19.2. The van der Waals surface area contributed by atoms with Gasteiger partial charge in [-0.3, -0.25) is 4.79 Å². The Morgan fingerprint density at radius 3 is 2.59 bits per heavy atom. The first-order chi connectivity index (χ1) is 13.0. The van der Waals surface area contributed by atoms with Crippen molar-refractivity contribution >= 4 is 23.4 Å². The highest BCUT2D eigenvalue weighted by atomic mass is 32.2. The van der Waals surface area contributed by atoms with Gasteiger partial charge in [0.1, 0.15) is 5.75 Å². The largest absolute Gasteiger partial charge is 0.433 e. The van der Waals surface area contributed by atoms with E-state index in [1.165, 1.54) is 23.9 Å². The number of nitrogens with one attached hydrogen (secondary N) is 1. The maximum Gasteiger partial charge on any atom is 0.387 e. The molecule has 140 valence electrons. The lowest BCUT2D eigenvalue weighted by atomic mass is 10.2. The number of aromatic nitrogens is 3. The van der Waals surface area contributed by atoms with Gasteiger partial charge in [-0.25, -0.2) is 0 Å². The zero-order valence-corrected chi connectivity index (χ0v) is 15.1. The number of thioether (sulfide) groups is 1. The SMILES string of the molecule is Cn1c(SCC(=O)Nc2ccccc2OC(F)F)nnc1-c1ccccc1. The predicted molar refractivity (Wildman–Crippen MR) is 98.9 cm³/mol. The molecule has 0 bridgehead atoms. The number of hydrogen-bond acceptors (Lipinski definition) is 5. The van der Waals surface area contributed by atoms with E-state index in [0.29, 0.717) is 11.0 Å². The number of alkyl halides is 2. The minimum absolute atomic E-state index is 0.0454. The van der Waals surface area contributed by atoms with Crippen LogP contribution in [0.5, 0.6) is 5.75 Å². The molecule has 0 spiro atoms. The lowest BCUT2D eigenvalue weighted by Gasteiger charge is -2.11. The number of hydrogen-bond donors (Lipinski definition) is 1. The fourth-order valence-corrected chi connectivity index (χ4v) is 3.08. The van der Waals surface area contributed by atoms with Crippen molar-refractivity contribution in [1.82, 2.24) is 14.8 Å². The van der Waals surface area contributed by atoms with Gasteiger partial charge in [-0.2, -0.15) is 8.78 Å². The highest BCUT2D eigenvalue weighted by Gasteiger charge is 2.15. The molecule has 0 fully saturated rings. The number of carbonyl (C=O) groups excluding carboxylic acids is 1. The van der Waals surface area contributed by atoms with Crippen molar-refractivity contribution in [3.63, 3.8) is 0 Å². The molecule has 0 unspecified atom stereocenters. The molecule has 1 N–H and O–H groups in total. The fourth-order valence-electron chi connectivity index (χ4n) is 2.36. The topological polar surface area (TPSA) is 69.0 Å². The average Bonchev–Trinajstić information content (AvgIpc) is 3.02. The highest BCUT2D eigenvalue weighted by molar-refractivity contribution is 7.99. The van der Waals surface area contributed by atoms with E-state index in [9.17, 15) is 13.6 Å². The lowest BCUT2D eigenvalue weighted by Crippen LogP contribution is -2.16. The normalized spacial score (nSPS) is 10.8. The smallest absolute Gasteiger partial charge is 0.387 e. The number of rotatable bonds is 7. The standard InChI is InChI=1S/C18H16F2N4O2S/c1-24-16(12-7-3-2-4-8-12)22-23-18(24)27-11-15(25)21-13-9-5-6-10-14(13)26-17(19)20/h2-10,17H,11H2,1H3,(H,21,25). The Morgan fingerprint density at radius 2 is 1.85 bits per heavy atom.